The fraction of sp³-hybridized carbons (Fsp3) is 0.800. The minimum absolute atomic E-state index is 0.00293. The molecule has 0 aliphatic rings. The minimum atomic E-state index is -1.18. The van der Waals surface area contributed by atoms with Crippen LogP contribution in [0.4, 0.5) is 0 Å². The number of hydrogen-bond donors (Lipinski definition) is 2. The molecule has 0 aromatic rings. The molecule has 3 nitrogen and oxygen atoms in total. The van der Waals surface area contributed by atoms with E-state index in [1.807, 2.05) is 12.5 Å². The van der Waals surface area contributed by atoms with Gasteiger partial charge in [-0.15, -0.1) is 0 Å². The highest BCUT2D eigenvalue weighted by Crippen LogP contribution is 1.90. The maximum atomic E-state index is 9.99. The van der Waals surface area contributed by atoms with E-state index in [1.54, 1.807) is 0 Å². The Hall–Kier alpha value is -0.220. The first-order chi connectivity index (χ1) is 4.04. The summed E-state index contributed by atoms with van der Waals surface area (Å²) >= 11 is 0. The van der Waals surface area contributed by atoms with E-state index in [2.05, 4.69) is 0 Å². The van der Waals surface area contributed by atoms with Gasteiger partial charge in [-0.25, -0.2) is 4.79 Å². The van der Waals surface area contributed by atoms with Crippen molar-refractivity contribution in [1.82, 2.24) is 0 Å². The zero-order chi connectivity index (χ0) is 7.44. The molecule has 0 amide bonds. The Morgan fingerprint density at radius 2 is 2.11 bits per heavy atom. The molecule has 0 aliphatic heterocycles. The number of aliphatic hydroxyl groups is 1. The van der Waals surface area contributed by atoms with Crippen LogP contribution in [-0.4, -0.2) is 40.6 Å². The summed E-state index contributed by atoms with van der Waals surface area (Å²) in [4.78, 5) is 9.99. The highest BCUT2D eigenvalue weighted by molar-refractivity contribution is 7.95. The first-order valence-corrected chi connectivity index (χ1v) is 4.70. The van der Waals surface area contributed by atoms with Crippen LogP contribution in [0.15, 0.2) is 0 Å². The van der Waals surface area contributed by atoms with E-state index in [-0.39, 0.29) is 10.9 Å². The second-order valence-corrected chi connectivity index (χ2v) is 4.31. The molecule has 54 valence electrons. The van der Waals surface area contributed by atoms with Crippen molar-refractivity contribution in [1.29, 1.82) is 0 Å². The highest BCUT2D eigenvalue weighted by Gasteiger charge is 2.19. The van der Waals surface area contributed by atoms with Crippen molar-refractivity contribution in [2.45, 2.75) is 6.10 Å². The largest absolute Gasteiger partial charge is 0.479 e. The summed E-state index contributed by atoms with van der Waals surface area (Å²) in [6.45, 7) is 0. The summed E-state index contributed by atoms with van der Waals surface area (Å²) in [5.74, 6) is -0.772. The summed E-state index contributed by atoms with van der Waals surface area (Å²) in [6.07, 6.45) is 2.61. The van der Waals surface area contributed by atoms with Crippen LogP contribution in [0, 0.1) is 0 Å². The van der Waals surface area contributed by atoms with Crippen LogP contribution in [0.25, 0.3) is 0 Å². The van der Waals surface area contributed by atoms with Gasteiger partial charge in [-0.1, -0.05) is 0 Å². The van der Waals surface area contributed by atoms with Crippen LogP contribution in [0.1, 0.15) is 0 Å². The molecule has 0 heterocycles. The first kappa shape index (κ1) is 8.78. The molecule has 0 saturated carbocycles. The molecule has 1 atom stereocenters. The Bertz CT molecular complexity index is 102. The van der Waals surface area contributed by atoms with Crippen molar-refractivity contribution in [3.05, 3.63) is 0 Å². The lowest BCUT2D eigenvalue weighted by Crippen LogP contribution is -2.27. The SMILES string of the molecule is C[S+](C)CC(O)C(=O)O. The molecular formula is C5H11O3S+. The lowest BCUT2D eigenvalue weighted by molar-refractivity contribution is -0.145. The van der Waals surface area contributed by atoms with Crippen LogP contribution in [0.2, 0.25) is 0 Å². The summed E-state index contributed by atoms with van der Waals surface area (Å²) in [5, 5.41) is 16.9. The highest BCUT2D eigenvalue weighted by atomic mass is 32.2. The fourth-order valence-electron chi connectivity index (χ4n) is 0.387. The second-order valence-electron chi connectivity index (χ2n) is 2.01. The van der Waals surface area contributed by atoms with Crippen molar-refractivity contribution in [2.75, 3.05) is 18.3 Å². The van der Waals surface area contributed by atoms with Gasteiger partial charge in [0.25, 0.3) is 0 Å². The number of aliphatic carboxylic acids is 1. The van der Waals surface area contributed by atoms with E-state index in [9.17, 15) is 4.79 Å². The number of carboxylic acids is 1. The Morgan fingerprint density at radius 3 is 2.22 bits per heavy atom. The predicted molar refractivity (Wildman–Crippen MR) is 37.7 cm³/mol. The lowest BCUT2D eigenvalue weighted by atomic mass is 10.4. The molecular weight excluding hydrogens is 140 g/mol. The predicted octanol–water partition coefficient (Wildman–Crippen LogP) is -0.690. The van der Waals surface area contributed by atoms with Crippen molar-refractivity contribution in [3.8, 4) is 0 Å². The van der Waals surface area contributed by atoms with Gasteiger partial charge in [0, 0.05) is 0 Å². The molecule has 2 N–H and O–H groups in total. The van der Waals surface area contributed by atoms with Gasteiger partial charge in [0.05, 0.1) is 12.5 Å². The third kappa shape index (κ3) is 4.29. The van der Waals surface area contributed by atoms with Crippen LogP contribution in [-0.2, 0) is 15.7 Å². The topological polar surface area (TPSA) is 57.5 Å². The first-order valence-electron chi connectivity index (χ1n) is 2.49. The molecule has 9 heavy (non-hydrogen) atoms. The quantitative estimate of drug-likeness (QED) is 0.525. The van der Waals surface area contributed by atoms with E-state index in [1.165, 1.54) is 0 Å². The van der Waals surface area contributed by atoms with E-state index in [0.29, 0.717) is 5.75 Å². The van der Waals surface area contributed by atoms with Crippen LogP contribution >= 0.6 is 0 Å². The van der Waals surface area contributed by atoms with E-state index < -0.39 is 12.1 Å². The van der Waals surface area contributed by atoms with Crippen molar-refractivity contribution < 1.29 is 15.0 Å². The standard InChI is InChI=1S/C5H10O3S/c1-9(2)3-4(6)5(7)8/h4,6H,3H2,1-2H3/p+1. The maximum absolute atomic E-state index is 9.99. The Kier molecular flexibility index (Phi) is 3.65. The number of aliphatic hydroxyl groups excluding tert-OH is 1. The zero-order valence-corrected chi connectivity index (χ0v) is 6.31. The molecule has 0 bridgehead atoms. The van der Waals surface area contributed by atoms with Gasteiger partial charge in [-0.05, 0) is 10.9 Å². The maximum Gasteiger partial charge on any atom is 0.337 e. The molecule has 0 aliphatic carbocycles. The normalized spacial score (nSPS) is 13.8. The molecule has 4 heteroatoms. The number of carbonyl (C=O) groups is 1. The molecule has 1 unspecified atom stereocenters. The van der Waals surface area contributed by atoms with E-state index in [0.717, 1.165) is 0 Å². The third-order valence-electron chi connectivity index (χ3n) is 0.776. The number of hydrogen-bond acceptors (Lipinski definition) is 2. The molecule has 0 rings (SSSR count). The van der Waals surface area contributed by atoms with Gasteiger partial charge in [0.2, 0.25) is 0 Å². The van der Waals surface area contributed by atoms with Crippen molar-refractivity contribution in [2.24, 2.45) is 0 Å². The molecule has 0 fully saturated rings. The van der Waals surface area contributed by atoms with Gasteiger partial charge in [-0.3, -0.25) is 0 Å². The van der Waals surface area contributed by atoms with Crippen molar-refractivity contribution >= 4 is 16.9 Å². The Labute approximate surface area is 57.0 Å². The van der Waals surface area contributed by atoms with E-state index in [4.69, 9.17) is 10.2 Å². The minimum Gasteiger partial charge on any atom is -0.479 e. The molecule has 0 radical (unpaired) electrons. The number of rotatable bonds is 3. The van der Waals surface area contributed by atoms with E-state index >= 15 is 0 Å². The van der Waals surface area contributed by atoms with Gasteiger partial charge < -0.3 is 10.2 Å². The monoisotopic (exact) mass is 151 g/mol. The molecule has 0 aromatic heterocycles. The molecule has 0 aromatic carbocycles. The summed E-state index contributed by atoms with van der Waals surface area (Å²) in [5.41, 5.74) is 0. The smallest absolute Gasteiger partial charge is 0.337 e. The summed E-state index contributed by atoms with van der Waals surface area (Å²) in [6, 6.07) is 0. The van der Waals surface area contributed by atoms with Gasteiger partial charge in [0.15, 0.2) is 6.10 Å². The zero-order valence-electron chi connectivity index (χ0n) is 5.50. The Balaban J connectivity index is 3.50. The van der Waals surface area contributed by atoms with Gasteiger partial charge in [-0.2, -0.15) is 0 Å². The molecule has 0 spiro atoms. The summed E-state index contributed by atoms with van der Waals surface area (Å²) in [7, 11) is 0.00293. The number of carboxylic acid groups (broad SMARTS) is 1. The third-order valence-corrected chi connectivity index (χ3v) is 1.76. The molecule has 0 saturated heterocycles. The fourth-order valence-corrected chi connectivity index (χ4v) is 1.16. The lowest BCUT2D eigenvalue weighted by Gasteiger charge is -2.00. The van der Waals surface area contributed by atoms with Crippen LogP contribution < -0.4 is 0 Å². The Morgan fingerprint density at radius 1 is 1.67 bits per heavy atom. The van der Waals surface area contributed by atoms with Crippen molar-refractivity contribution in [3.63, 3.8) is 0 Å². The van der Waals surface area contributed by atoms with Crippen LogP contribution in [0.3, 0.4) is 0 Å². The van der Waals surface area contributed by atoms with Gasteiger partial charge in [0.1, 0.15) is 5.75 Å². The van der Waals surface area contributed by atoms with Gasteiger partial charge >= 0.3 is 5.97 Å². The van der Waals surface area contributed by atoms with Crippen LogP contribution in [0.5, 0.6) is 0 Å². The average molecular weight is 151 g/mol. The second kappa shape index (κ2) is 3.74. The average Bonchev–Trinajstić information content (AvgIpc) is 1.63. The summed E-state index contributed by atoms with van der Waals surface area (Å²) < 4.78 is 0.